The summed E-state index contributed by atoms with van der Waals surface area (Å²) in [7, 11) is 0. The van der Waals surface area contributed by atoms with Crippen LogP contribution < -0.4 is 74.0 Å². The van der Waals surface area contributed by atoms with E-state index in [9.17, 15) is 19.8 Å². The molecule has 0 aromatic heterocycles. The number of allylic oxidation sites excluding steroid dienone is 4. The van der Waals surface area contributed by atoms with E-state index in [0.29, 0.717) is 37.0 Å². The van der Waals surface area contributed by atoms with Gasteiger partial charge in [-0.2, -0.15) is 0 Å². The van der Waals surface area contributed by atoms with Crippen molar-refractivity contribution in [1.29, 1.82) is 0 Å². The topological polar surface area (TPSA) is 77.4 Å². The number of hydrogen-bond donors (Lipinski definition) is 1. The molecule has 4 aliphatic carbocycles. The van der Waals surface area contributed by atoms with E-state index in [0.717, 1.165) is 25.7 Å². The Morgan fingerprint density at radius 1 is 1.22 bits per heavy atom. The van der Waals surface area contributed by atoms with E-state index < -0.39 is 11.6 Å². The van der Waals surface area contributed by atoms with Crippen molar-refractivity contribution in [3.05, 3.63) is 23.8 Å². The van der Waals surface area contributed by atoms with Crippen LogP contribution in [0.2, 0.25) is 0 Å². The second-order valence-corrected chi connectivity index (χ2v) is 9.53. The summed E-state index contributed by atoms with van der Waals surface area (Å²) in [6, 6.07) is 0. The summed E-state index contributed by atoms with van der Waals surface area (Å²) in [5.41, 5.74) is 0.0933. The van der Waals surface area contributed by atoms with Gasteiger partial charge in [0.25, 0.3) is 0 Å². The number of carbonyl (C=O) groups is 2. The molecular weight excluding hydrogens is 461 g/mol. The number of carbonyl (C=O) groups excluding carboxylic acids is 2. The van der Waals surface area contributed by atoms with Crippen molar-refractivity contribution in [2.24, 2.45) is 28.6 Å². The van der Waals surface area contributed by atoms with Crippen molar-refractivity contribution in [2.75, 3.05) is 0 Å². The van der Waals surface area contributed by atoms with Gasteiger partial charge in [-0.15, -0.1) is 0 Å². The Bertz CT molecular complexity index is 713. The molecule has 0 radical (unpaired) electrons. The van der Waals surface area contributed by atoms with Gasteiger partial charge in [-0.25, -0.2) is 0 Å². The molecule has 4 rings (SSSR count). The van der Waals surface area contributed by atoms with Crippen molar-refractivity contribution in [3.63, 3.8) is 0 Å². The summed E-state index contributed by atoms with van der Waals surface area (Å²) in [4.78, 5) is 22.8. The fraction of sp³-hybridized carbons (Fsp3) is 0.727. The number of carboxylic acids is 1. The molecule has 1 N–H and O–H groups in total. The number of rotatable bonds is 3. The summed E-state index contributed by atoms with van der Waals surface area (Å²) in [6.45, 7) is 4.48. The van der Waals surface area contributed by atoms with E-state index >= 15 is 0 Å². The first-order valence-electron chi connectivity index (χ1n) is 10.1. The van der Waals surface area contributed by atoms with Gasteiger partial charge in [-0.05, 0) is 85.2 Å². The molecular formula is C22H29CsO4. The minimum atomic E-state index is -1.08. The molecule has 27 heavy (non-hydrogen) atoms. The van der Waals surface area contributed by atoms with Crippen molar-refractivity contribution in [3.8, 4) is 0 Å². The maximum Gasteiger partial charge on any atom is 1.00 e. The summed E-state index contributed by atoms with van der Waals surface area (Å²) in [6.07, 6.45) is 11.6. The fourth-order valence-electron chi connectivity index (χ4n) is 6.83. The molecule has 0 bridgehead atoms. The van der Waals surface area contributed by atoms with Gasteiger partial charge in [0, 0.05) is 12.4 Å². The van der Waals surface area contributed by atoms with E-state index in [1.807, 2.05) is 6.08 Å². The Labute approximate surface area is 220 Å². The first-order valence-corrected chi connectivity index (χ1v) is 10.1. The molecule has 0 heterocycles. The van der Waals surface area contributed by atoms with Crippen LogP contribution in [0.3, 0.4) is 0 Å². The average Bonchev–Trinajstić information content (AvgIpc) is 2.86. The Morgan fingerprint density at radius 3 is 2.63 bits per heavy atom. The van der Waals surface area contributed by atoms with E-state index in [1.54, 1.807) is 0 Å². The largest absolute Gasteiger partial charge is 1.00 e. The fourth-order valence-corrected chi connectivity index (χ4v) is 6.83. The molecule has 2 fully saturated rings. The molecule has 2 saturated carbocycles. The van der Waals surface area contributed by atoms with Gasteiger partial charge >= 0.3 is 68.9 Å². The molecule has 0 saturated heterocycles. The average molecular weight is 490 g/mol. The molecule has 0 aromatic carbocycles. The third kappa shape index (κ3) is 3.43. The van der Waals surface area contributed by atoms with E-state index in [2.05, 4.69) is 26.0 Å². The van der Waals surface area contributed by atoms with Crippen molar-refractivity contribution < 1.29 is 88.7 Å². The zero-order chi connectivity index (χ0) is 18.7. The number of aliphatic carboxylic acids is 1. The van der Waals surface area contributed by atoms with Crippen LogP contribution in [0.5, 0.6) is 0 Å². The van der Waals surface area contributed by atoms with Crippen LogP contribution in [-0.4, -0.2) is 22.5 Å². The smallest absolute Gasteiger partial charge is 0.550 e. The quantitative estimate of drug-likeness (QED) is 0.582. The van der Waals surface area contributed by atoms with Gasteiger partial charge < -0.3 is 15.0 Å². The first kappa shape index (κ1) is 22.3. The predicted molar refractivity (Wildman–Crippen MR) is 95.8 cm³/mol. The van der Waals surface area contributed by atoms with Gasteiger partial charge in [0.15, 0.2) is 5.78 Å². The molecule has 0 aromatic rings. The van der Waals surface area contributed by atoms with Crippen LogP contribution >= 0.6 is 0 Å². The maximum absolute atomic E-state index is 11.9. The monoisotopic (exact) mass is 490 g/mol. The summed E-state index contributed by atoms with van der Waals surface area (Å²) >= 11 is 0. The van der Waals surface area contributed by atoms with E-state index in [1.165, 1.54) is 5.57 Å². The number of hydrogen-bond acceptors (Lipinski definition) is 4. The van der Waals surface area contributed by atoms with Gasteiger partial charge in [0.2, 0.25) is 0 Å². The number of aliphatic hydroxyl groups is 1. The van der Waals surface area contributed by atoms with E-state index in [-0.39, 0.29) is 91.9 Å². The molecule has 4 nitrogen and oxygen atoms in total. The molecule has 142 valence electrons. The van der Waals surface area contributed by atoms with Gasteiger partial charge in [-0.3, -0.25) is 4.79 Å². The third-order valence-corrected chi connectivity index (χ3v) is 8.58. The normalized spacial score (nSPS) is 45.2. The molecule has 0 amide bonds. The van der Waals surface area contributed by atoms with Crippen molar-refractivity contribution in [1.82, 2.24) is 0 Å². The van der Waals surface area contributed by atoms with Crippen LogP contribution in [0.4, 0.5) is 0 Å². The Morgan fingerprint density at radius 2 is 1.93 bits per heavy atom. The Kier molecular flexibility index (Phi) is 6.38. The molecule has 0 unspecified atom stereocenters. The number of carboxylic acid groups (broad SMARTS) is 1. The third-order valence-electron chi connectivity index (χ3n) is 8.58. The number of fused-ring (bicyclic) bond motifs is 5. The van der Waals surface area contributed by atoms with Crippen molar-refractivity contribution >= 4 is 11.8 Å². The molecule has 6 atom stereocenters. The maximum atomic E-state index is 11.9. The van der Waals surface area contributed by atoms with Gasteiger partial charge in [0.05, 0.1) is 5.60 Å². The summed E-state index contributed by atoms with van der Waals surface area (Å²) in [5, 5.41) is 22.3. The standard InChI is InChI=1S/C22H30O4.Cs/c1-20-9-5-15(23)13-14(20)3-4-16-17(20)6-10-21(2)18(16)7-11-22(21,26)12-8-19(24)25;/h3-4,13,16-18,26H,5-12H2,1-2H3,(H,24,25);/q;+1/p-1/t16-,17+,18+,20+,21+,22-;/m1./s1. The predicted octanol–water partition coefficient (Wildman–Crippen LogP) is -0.440. The molecule has 4 aliphatic rings. The van der Waals surface area contributed by atoms with E-state index in [4.69, 9.17) is 0 Å². The van der Waals surface area contributed by atoms with Crippen LogP contribution in [0, 0.1) is 28.6 Å². The zero-order valence-electron chi connectivity index (χ0n) is 16.8. The van der Waals surface area contributed by atoms with Gasteiger partial charge in [-0.1, -0.05) is 26.0 Å². The van der Waals surface area contributed by atoms with Crippen LogP contribution in [-0.2, 0) is 9.59 Å². The summed E-state index contributed by atoms with van der Waals surface area (Å²) < 4.78 is 0. The first-order chi connectivity index (χ1) is 12.2. The Balaban J connectivity index is 0.00000210. The van der Waals surface area contributed by atoms with Crippen LogP contribution in [0.1, 0.15) is 65.2 Å². The second kappa shape index (κ2) is 7.71. The number of ketones is 1. The van der Waals surface area contributed by atoms with Gasteiger partial charge in [0.1, 0.15) is 0 Å². The molecule has 5 heteroatoms. The van der Waals surface area contributed by atoms with Crippen molar-refractivity contribution in [2.45, 2.75) is 70.8 Å². The second-order valence-electron chi connectivity index (χ2n) is 9.53. The molecule has 0 aliphatic heterocycles. The minimum Gasteiger partial charge on any atom is -0.550 e. The molecule has 0 spiro atoms. The minimum absolute atomic E-state index is 0. The van der Waals surface area contributed by atoms with Crippen LogP contribution in [0.25, 0.3) is 0 Å². The zero-order valence-corrected chi connectivity index (χ0v) is 23.1. The summed E-state index contributed by atoms with van der Waals surface area (Å²) in [5.74, 6) is 0.444. The Hall–Kier alpha value is 0.632. The van der Waals surface area contributed by atoms with Crippen LogP contribution in [0.15, 0.2) is 23.8 Å². The SMILES string of the molecule is C[C@]12CCC(=O)C=C1C=C[C@@H]1[C@@H]2CC[C@@]2(C)[C@H]1CC[C@@]2(O)CCC(=O)[O-].[Cs+].